The number of H-pyrrole nitrogens is 1. The average Bonchev–Trinajstić information content (AvgIpc) is 3.26. The summed E-state index contributed by atoms with van der Waals surface area (Å²) in [7, 11) is 3.79. The van der Waals surface area contributed by atoms with Crippen LogP contribution < -0.4 is 15.5 Å². The molecule has 1 saturated carbocycles. The fraction of sp³-hybridized carbons (Fsp3) is 0.577. The Morgan fingerprint density at radius 2 is 2.00 bits per heavy atom. The summed E-state index contributed by atoms with van der Waals surface area (Å²) in [5, 5.41) is 18.9. The molecule has 5 heterocycles. The minimum Gasteiger partial charge on any atom is -0.350 e. The fourth-order valence-corrected chi connectivity index (χ4v) is 5.53. The Balaban J connectivity index is 1.17. The zero-order valence-corrected chi connectivity index (χ0v) is 22.1. The van der Waals surface area contributed by atoms with E-state index in [0.29, 0.717) is 37.3 Å². The van der Waals surface area contributed by atoms with Crippen molar-refractivity contribution in [2.45, 2.75) is 56.5 Å². The van der Waals surface area contributed by atoms with Gasteiger partial charge >= 0.3 is 0 Å². The number of likely N-dealkylation sites (tertiary alicyclic amines) is 1. The summed E-state index contributed by atoms with van der Waals surface area (Å²) < 4.78 is 1.79. The summed E-state index contributed by atoms with van der Waals surface area (Å²) in [5.74, 6) is 2.55. The van der Waals surface area contributed by atoms with Crippen molar-refractivity contribution < 1.29 is 9.59 Å². The molecule has 3 fully saturated rings. The number of hydrogen-bond donors (Lipinski definition) is 3. The number of aromatic amines is 1. The molecule has 0 bridgehead atoms. The van der Waals surface area contributed by atoms with Gasteiger partial charge < -0.3 is 25.3 Å². The van der Waals surface area contributed by atoms with E-state index in [9.17, 15) is 9.59 Å². The standard InChI is InChI=1S/C26H36N10O2/c1-33(2)16-23(37)34-11-3-6-18(15-34)27-25(38)21-8-4-12-35(21)26-29-24(20-7-5-13-36(20)32-26)28-22-14-19(30-31-22)17-9-10-17/h5,7,13-14,17-18,21H,3-4,6,8-12,15-16H2,1-2H3,(H,27,38)(H2,28,29,30,31,32)/t18-,21+/m1/s1. The van der Waals surface area contributed by atoms with Gasteiger partial charge in [-0.1, -0.05) is 0 Å². The van der Waals surface area contributed by atoms with E-state index in [1.807, 2.05) is 53.2 Å². The van der Waals surface area contributed by atoms with Crippen molar-refractivity contribution in [3.05, 3.63) is 30.1 Å². The Labute approximate surface area is 221 Å². The Morgan fingerprint density at radius 1 is 1.16 bits per heavy atom. The minimum absolute atomic E-state index is 0.0264. The van der Waals surface area contributed by atoms with E-state index in [4.69, 9.17) is 10.1 Å². The molecule has 2 atom stereocenters. The lowest BCUT2D eigenvalue weighted by Gasteiger charge is -2.35. The molecule has 3 aromatic heterocycles. The Hall–Kier alpha value is -3.67. The Morgan fingerprint density at radius 3 is 2.82 bits per heavy atom. The van der Waals surface area contributed by atoms with E-state index >= 15 is 0 Å². The van der Waals surface area contributed by atoms with Gasteiger partial charge in [0.1, 0.15) is 11.6 Å². The summed E-state index contributed by atoms with van der Waals surface area (Å²) in [6, 6.07) is 5.54. The first kappa shape index (κ1) is 24.7. The number of carbonyl (C=O) groups is 2. The molecular weight excluding hydrogens is 484 g/mol. The molecule has 3 N–H and O–H groups in total. The number of carbonyl (C=O) groups excluding carboxylic acids is 2. The van der Waals surface area contributed by atoms with Crippen LogP contribution in [0.2, 0.25) is 0 Å². The first-order chi connectivity index (χ1) is 18.4. The van der Waals surface area contributed by atoms with Gasteiger partial charge in [0.05, 0.1) is 6.54 Å². The molecule has 2 saturated heterocycles. The normalized spacial score (nSPS) is 21.9. The van der Waals surface area contributed by atoms with E-state index in [2.05, 4.69) is 20.8 Å². The van der Waals surface area contributed by atoms with Crippen LogP contribution in [0.15, 0.2) is 24.4 Å². The van der Waals surface area contributed by atoms with Crippen molar-refractivity contribution in [2.24, 2.45) is 0 Å². The van der Waals surface area contributed by atoms with E-state index < -0.39 is 0 Å². The smallest absolute Gasteiger partial charge is 0.246 e. The third-order valence-corrected chi connectivity index (χ3v) is 7.63. The van der Waals surface area contributed by atoms with Crippen LogP contribution in [0.4, 0.5) is 17.6 Å². The molecule has 12 nitrogen and oxygen atoms in total. The van der Waals surface area contributed by atoms with Gasteiger partial charge in [-0.05, 0) is 64.8 Å². The quantitative estimate of drug-likeness (QED) is 0.410. The summed E-state index contributed by atoms with van der Waals surface area (Å²) in [6.07, 6.45) is 7.67. The number of anilines is 3. The van der Waals surface area contributed by atoms with E-state index in [1.54, 1.807) is 4.52 Å². The summed E-state index contributed by atoms with van der Waals surface area (Å²) in [4.78, 5) is 36.6. The topological polar surface area (TPSA) is 127 Å². The second-order valence-electron chi connectivity index (χ2n) is 11.0. The maximum absolute atomic E-state index is 13.5. The zero-order valence-electron chi connectivity index (χ0n) is 22.1. The monoisotopic (exact) mass is 520 g/mol. The number of rotatable bonds is 8. The molecule has 2 aliphatic heterocycles. The number of amides is 2. The predicted octanol–water partition coefficient (Wildman–Crippen LogP) is 1.71. The van der Waals surface area contributed by atoms with Crippen LogP contribution in [0, 0.1) is 0 Å². The van der Waals surface area contributed by atoms with Crippen LogP contribution in [0.3, 0.4) is 0 Å². The van der Waals surface area contributed by atoms with Crippen molar-refractivity contribution >= 4 is 34.9 Å². The lowest BCUT2D eigenvalue weighted by atomic mass is 10.0. The minimum atomic E-state index is -0.351. The lowest BCUT2D eigenvalue weighted by molar-refractivity contribution is -0.134. The Bertz CT molecular complexity index is 1310. The first-order valence-corrected chi connectivity index (χ1v) is 13.6. The second-order valence-corrected chi connectivity index (χ2v) is 11.0. The predicted molar refractivity (Wildman–Crippen MR) is 143 cm³/mol. The SMILES string of the molecule is CN(C)CC(=O)N1CCC[C@@H](NC(=O)[C@@H]2CCCN2c2nc(Nc3cc(C4CC4)[nH]n3)c3cccn3n2)C1. The molecule has 12 heteroatoms. The van der Waals surface area contributed by atoms with Crippen LogP contribution in [0.5, 0.6) is 0 Å². The molecule has 0 spiro atoms. The van der Waals surface area contributed by atoms with Crippen molar-refractivity contribution in [1.82, 2.24) is 39.9 Å². The highest BCUT2D eigenvalue weighted by molar-refractivity contribution is 5.86. The van der Waals surface area contributed by atoms with Crippen LogP contribution in [-0.2, 0) is 9.59 Å². The summed E-state index contributed by atoms with van der Waals surface area (Å²) in [6.45, 7) is 2.38. The highest BCUT2D eigenvalue weighted by Crippen LogP contribution is 2.39. The van der Waals surface area contributed by atoms with Gasteiger partial charge in [0.15, 0.2) is 11.6 Å². The molecule has 3 aromatic rings. The second kappa shape index (κ2) is 10.2. The Kier molecular flexibility index (Phi) is 6.64. The maximum atomic E-state index is 13.5. The van der Waals surface area contributed by atoms with Crippen molar-refractivity contribution in [2.75, 3.05) is 50.5 Å². The first-order valence-electron chi connectivity index (χ1n) is 13.6. The molecule has 38 heavy (non-hydrogen) atoms. The number of nitrogens with one attached hydrogen (secondary N) is 3. The molecule has 0 radical (unpaired) electrons. The van der Waals surface area contributed by atoms with Gasteiger partial charge in [0.2, 0.25) is 17.8 Å². The van der Waals surface area contributed by atoms with Gasteiger partial charge in [-0.15, -0.1) is 5.10 Å². The fourth-order valence-electron chi connectivity index (χ4n) is 5.53. The number of aromatic nitrogens is 5. The number of hydrogen-bond acceptors (Lipinski definition) is 8. The molecule has 1 aliphatic carbocycles. The summed E-state index contributed by atoms with van der Waals surface area (Å²) in [5.41, 5.74) is 1.99. The van der Waals surface area contributed by atoms with Crippen LogP contribution in [0.25, 0.3) is 5.52 Å². The molecule has 2 amide bonds. The van der Waals surface area contributed by atoms with Gasteiger partial charge in [-0.25, -0.2) is 4.52 Å². The van der Waals surface area contributed by atoms with Crippen LogP contribution >= 0.6 is 0 Å². The number of nitrogens with zero attached hydrogens (tertiary/aromatic N) is 7. The van der Waals surface area contributed by atoms with E-state index in [-0.39, 0.29) is 23.9 Å². The van der Waals surface area contributed by atoms with Crippen LogP contribution in [-0.4, -0.2) is 98.8 Å². The van der Waals surface area contributed by atoms with Crippen molar-refractivity contribution in [1.29, 1.82) is 0 Å². The highest BCUT2D eigenvalue weighted by Gasteiger charge is 2.35. The highest BCUT2D eigenvalue weighted by atomic mass is 16.2. The molecule has 3 aliphatic rings. The van der Waals surface area contributed by atoms with E-state index in [0.717, 1.165) is 49.3 Å². The molecule has 0 unspecified atom stereocenters. The number of likely N-dealkylation sites (N-methyl/N-ethyl adjacent to an activating group) is 1. The van der Waals surface area contributed by atoms with Crippen LogP contribution in [0.1, 0.15) is 50.1 Å². The average molecular weight is 521 g/mol. The van der Waals surface area contributed by atoms with Gasteiger partial charge in [-0.3, -0.25) is 14.7 Å². The molecule has 0 aromatic carbocycles. The third kappa shape index (κ3) is 5.17. The third-order valence-electron chi connectivity index (χ3n) is 7.63. The van der Waals surface area contributed by atoms with Gasteiger partial charge in [0.25, 0.3) is 0 Å². The molecule has 6 rings (SSSR count). The molecular formula is C26H36N10O2. The number of piperidine rings is 1. The molecule has 202 valence electrons. The number of fused-ring (bicyclic) bond motifs is 1. The van der Waals surface area contributed by atoms with Gasteiger partial charge in [-0.2, -0.15) is 10.1 Å². The maximum Gasteiger partial charge on any atom is 0.246 e. The van der Waals surface area contributed by atoms with Crippen molar-refractivity contribution in [3.63, 3.8) is 0 Å². The van der Waals surface area contributed by atoms with Crippen molar-refractivity contribution in [3.8, 4) is 0 Å². The largest absolute Gasteiger partial charge is 0.350 e. The van der Waals surface area contributed by atoms with E-state index in [1.165, 1.54) is 12.8 Å². The summed E-state index contributed by atoms with van der Waals surface area (Å²) >= 11 is 0. The van der Waals surface area contributed by atoms with Gasteiger partial charge in [0, 0.05) is 49.6 Å². The zero-order chi connectivity index (χ0) is 26.2. The lowest BCUT2D eigenvalue weighted by Crippen LogP contribution is -2.54.